The highest BCUT2D eigenvalue weighted by atomic mass is 19.1. The number of nitrogens with zero attached hydrogens (tertiary/aromatic N) is 1. The Morgan fingerprint density at radius 2 is 1.83 bits per heavy atom. The van der Waals surface area contributed by atoms with Crippen molar-refractivity contribution in [3.05, 3.63) is 41.8 Å². The third-order valence-electron chi connectivity index (χ3n) is 7.09. The first-order chi connectivity index (χ1) is 14.0. The van der Waals surface area contributed by atoms with Crippen molar-refractivity contribution < 1.29 is 14.3 Å². The molecule has 1 aromatic carbocycles. The number of halogens is 1. The molecule has 4 rings (SSSR count). The van der Waals surface area contributed by atoms with Crippen LogP contribution in [0.5, 0.6) is 0 Å². The highest BCUT2D eigenvalue weighted by Crippen LogP contribution is 2.39. The van der Waals surface area contributed by atoms with Gasteiger partial charge in [-0.15, -0.1) is 0 Å². The first kappa shape index (κ1) is 20.3. The van der Waals surface area contributed by atoms with Crippen LogP contribution in [-0.2, 0) is 4.79 Å². The van der Waals surface area contributed by atoms with Crippen molar-refractivity contribution in [3.63, 3.8) is 0 Å². The van der Waals surface area contributed by atoms with Gasteiger partial charge in [0, 0.05) is 23.5 Å². The quantitative estimate of drug-likeness (QED) is 0.784. The minimum absolute atomic E-state index is 0.0512. The number of carbonyl (C=O) groups is 1. The topological polar surface area (TPSA) is 62.2 Å². The first-order valence-electron chi connectivity index (χ1n) is 11.0. The van der Waals surface area contributed by atoms with Crippen molar-refractivity contribution in [2.24, 2.45) is 11.8 Å². The van der Waals surface area contributed by atoms with E-state index >= 15 is 0 Å². The summed E-state index contributed by atoms with van der Waals surface area (Å²) in [5.41, 5.74) is 2.05. The van der Waals surface area contributed by atoms with Gasteiger partial charge in [-0.2, -0.15) is 0 Å². The summed E-state index contributed by atoms with van der Waals surface area (Å²) >= 11 is 0. The van der Waals surface area contributed by atoms with Gasteiger partial charge in [0.15, 0.2) is 0 Å². The number of pyridine rings is 1. The highest BCUT2D eigenvalue weighted by Gasteiger charge is 2.30. The van der Waals surface area contributed by atoms with E-state index < -0.39 is 0 Å². The summed E-state index contributed by atoms with van der Waals surface area (Å²) in [7, 11) is 0. The van der Waals surface area contributed by atoms with Crippen molar-refractivity contribution in [1.82, 2.24) is 10.3 Å². The van der Waals surface area contributed by atoms with Crippen molar-refractivity contribution in [2.75, 3.05) is 0 Å². The number of rotatable bonds is 4. The lowest BCUT2D eigenvalue weighted by Crippen LogP contribution is -2.43. The predicted octanol–water partition coefficient (Wildman–Crippen LogP) is 4.70. The van der Waals surface area contributed by atoms with E-state index in [0.29, 0.717) is 11.8 Å². The normalized spacial score (nSPS) is 28.8. The summed E-state index contributed by atoms with van der Waals surface area (Å²) in [4.78, 5) is 17.0. The molecule has 0 spiro atoms. The van der Waals surface area contributed by atoms with Gasteiger partial charge >= 0.3 is 0 Å². The fraction of sp³-hybridized carbons (Fsp3) is 0.583. The molecule has 1 heterocycles. The third kappa shape index (κ3) is 4.61. The molecule has 156 valence electrons. The second-order valence-electron chi connectivity index (χ2n) is 8.98. The number of nitrogens with one attached hydrogen (secondary N) is 1. The van der Waals surface area contributed by atoms with Gasteiger partial charge in [-0.05, 0) is 100.0 Å². The van der Waals surface area contributed by atoms with E-state index in [2.05, 4.69) is 17.2 Å². The minimum atomic E-state index is -0.232. The molecule has 5 heteroatoms. The van der Waals surface area contributed by atoms with Crippen LogP contribution in [-0.4, -0.2) is 28.1 Å². The Morgan fingerprint density at radius 1 is 1.10 bits per heavy atom. The number of fused-ring (bicyclic) bond motifs is 1. The monoisotopic (exact) mass is 398 g/mol. The number of benzene rings is 1. The molecule has 2 aromatic rings. The lowest BCUT2D eigenvalue weighted by molar-refractivity contribution is -0.127. The van der Waals surface area contributed by atoms with E-state index in [4.69, 9.17) is 0 Å². The van der Waals surface area contributed by atoms with E-state index in [9.17, 15) is 14.3 Å². The number of hydrogen-bond acceptors (Lipinski definition) is 3. The van der Waals surface area contributed by atoms with Crippen LogP contribution >= 0.6 is 0 Å². The molecule has 0 aliphatic heterocycles. The number of aromatic nitrogens is 1. The molecule has 2 saturated carbocycles. The van der Waals surface area contributed by atoms with Crippen LogP contribution in [0, 0.1) is 17.7 Å². The molecule has 1 amide bonds. The Labute approximate surface area is 171 Å². The van der Waals surface area contributed by atoms with Gasteiger partial charge in [0.1, 0.15) is 5.82 Å². The standard InChI is InChI=1S/C24H31FN2O2/c1-15(27-24(29)18-6-9-20(28)10-7-18)16-2-4-17(5-3-16)21-12-13-26-23-11-8-19(25)14-22(21)23/h8,11-18,20,28H,2-7,9-10H2,1H3,(H,27,29)/t15-,16?,17?,18?,20?/m0/s1. The zero-order chi connectivity index (χ0) is 20.4. The molecule has 0 bridgehead atoms. The summed E-state index contributed by atoms with van der Waals surface area (Å²) in [5, 5.41) is 13.8. The van der Waals surface area contributed by atoms with Crippen LogP contribution in [0.1, 0.15) is 69.8 Å². The lowest BCUT2D eigenvalue weighted by atomic mass is 9.75. The zero-order valence-electron chi connectivity index (χ0n) is 17.1. The molecule has 2 aliphatic rings. The molecular formula is C24H31FN2O2. The Morgan fingerprint density at radius 3 is 2.55 bits per heavy atom. The first-order valence-corrected chi connectivity index (χ1v) is 11.0. The van der Waals surface area contributed by atoms with Crippen molar-refractivity contribution in [1.29, 1.82) is 0 Å². The fourth-order valence-electron chi connectivity index (χ4n) is 5.22. The highest BCUT2D eigenvalue weighted by molar-refractivity contribution is 5.82. The van der Waals surface area contributed by atoms with E-state index in [1.165, 1.54) is 11.6 Å². The molecular weight excluding hydrogens is 367 g/mol. The van der Waals surface area contributed by atoms with Crippen molar-refractivity contribution in [3.8, 4) is 0 Å². The van der Waals surface area contributed by atoms with Crippen LogP contribution in [0.3, 0.4) is 0 Å². The van der Waals surface area contributed by atoms with E-state index in [-0.39, 0.29) is 29.8 Å². The van der Waals surface area contributed by atoms with Gasteiger partial charge in [-0.25, -0.2) is 4.39 Å². The van der Waals surface area contributed by atoms with Crippen LogP contribution < -0.4 is 5.32 Å². The molecule has 2 N–H and O–H groups in total. The molecule has 1 atom stereocenters. The van der Waals surface area contributed by atoms with Crippen LogP contribution in [0.4, 0.5) is 4.39 Å². The van der Waals surface area contributed by atoms with Gasteiger partial charge in [0.05, 0.1) is 11.6 Å². The third-order valence-corrected chi connectivity index (χ3v) is 7.09. The molecule has 4 nitrogen and oxygen atoms in total. The van der Waals surface area contributed by atoms with Crippen LogP contribution in [0.2, 0.25) is 0 Å². The molecule has 29 heavy (non-hydrogen) atoms. The molecule has 0 unspecified atom stereocenters. The van der Waals surface area contributed by atoms with Gasteiger partial charge in [-0.1, -0.05) is 0 Å². The predicted molar refractivity (Wildman–Crippen MR) is 112 cm³/mol. The molecule has 2 fully saturated rings. The summed E-state index contributed by atoms with van der Waals surface area (Å²) in [6.45, 7) is 2.12. The van der Waals surface area contributed by atoms with Crippen LogP contribution in [0.15, 0.2) is 30.5 Å². The minimum Gasteiger partial charge on any atom is -0.393 e. The Balaban J connectivity index is 1.35. The average Bonchev–Trinajstić information content (AvgIpc) is 2.74. The number of hydrogen-bond donors (Lipinski definition) is 2. The zero-order valence-corrected chi connectivity index (χ0v) is 17.1. The molecule has 0 saturated heterocycles. The summed E-state index contributed by atoms with van der Waals surface area (Å²) in [6, 6.07) is 7.03. The second kappa shape index (κ2) is 8.78. The van der Waals surface area contributed by atoms with Gasteiger partial charge in [0.25, 0.3) is 0 Å². The van der Waals surface area contributed by atoms with E-state index in [1.807, 2.05) is 12.3 Å². The summed E-state index contributed by atoms with van der Waals surface area (Å²) < 4.78 is 13.8. The summed E-state index contributed by atoms with van der Waals surface area (Å²) in [6.07, 6.45) is 8.87. The summed E-state index contributed by atoms with van der Waals surface area (Å²) in [5.74, 6) is 0.889. The fourth-order valence-corrected chi connectivity index (χ4v) is 5.22. The smallest absolute Gasteiger partial charge is 0.223 e. The molecule has 1 aromatic heterocycles. The lowest BCUT2D eigenvalue weighted by Gasteiger charge is -2.34. The Bertz CT molecular complexity index is 855. The van der Waals surface area contributed by atoms with E-state index in [1.54, 1.807) is 12.1 Å². The number of aliphatic hydroxyl groups is 1. The molecule has 2 aliphatic carbocycles. The van der Waals surface area contributed by atoms with E-state index in [0.717, 1.165) is 62.3 Å². The van der Waals surface area contributed by atoms with Gasteiger partial charge in [-0.3, -0.25) is 9.78 Å². The van der Waals surface area contributed by atoms with Crippen LogP contribution in [0.25, 0.3) is 10.9 Å². The molecule has 0 radical (unpaired) electrons. The number of carbonyl (C=O) groups excluding carboxylic acids is 1. The SMILES string of the molecule is C[C@H](NC(=O)C1CCC(O)CC1)C1CCC(c2ccnc3ccc(F)cc23)CC1. The largest absolute Gasteiger partial charge is 0.393 e. The van der Waals surface area contributed by atoms with Gasteiger partial charge in [0.2, 0.25) is 5.91 Å². The van der Waals surface area contributed by atoms with Gasteiger partial charge < -0.3 is 10.4 Å². The number of aliphatic hydroxyl groups excluding tert-OH is 1. The Kier molecular flexibility index (Phi) is 6.14. The van der Waals surface area contributed by atoms with Crippen molar-refractivity contribution >= 4 is 16.8 Å². The second-order valence-corrected chi connectivity index (χ2v) is 8.98. The van der Waals surface area contributed by atoms with Crippen molar-refractivity contribution in [2.45, 2.75) is 76.4 Å². The maximum atomic E-state index is 13.8. The Hall–Kier alpha value is -2.01. The maximum Gasteiger partial charge on any atom is 0.223 e. The average molecular weight is 399 g/mol. The number of amides is 1. The maximum absolute atomic E-state index is 13.8.